The van der Waals surface area contributed by atoms with Crippen LogP contribution < -0.4 is 15.4 Å². The number of amides is 2. The summed E-state index contributed by atoms with van der Waals surface area (Å²) < 4.78 is 6.34. The highest BCUT2D eigenvalue weighted by atomic mass is 79.9. The van der Waals surface area contributed by atoms with Gasteiger partial charge in [0.25, 0.3) is 5.91 Å². The second-order valence-corrected chi connectivity index (χ2v) is 6.99. The largest absolute Gasteiger partial charge is 0.480 e. The van der Waals surface area contributed by atoms with E-state index in [1.54, 1.807) is 49.4 Å². The van der Waals surface area contributed by atoms with E-state index in [0.29, 0.717) is 33.0 Å². The van der Waals surface area contributed by atoms with Crippen LogP contribution in [-0.2, 0) is 9.59 Å². The van der Waals surface area contributed by atoms with Gasteiger partial charge in [-0.2, -0.15) is 0 Å². The fourth-order valence-corrected chi connectivity index (χ4v) is 2.92. The van der Waals surface area contributed by atoms with Crippen molar-refractivity contribution in [2.24, 2.45) is 0 Å². The lowest BCUT2D eigenvalue weighted by molar-refractivity contribution is -0.122. The zero-order valence-corrected chi connectivity index (χ0v) is 16.9. The Kier molecular flexibility index (Phi) is 7.48. The summed E-state index contributed by atoms with van der Waals surface area (Å²) in [5.41, 5.74) is 1.31. The normalized spacial score (nSPS) is 11.5. The van der Waals surface area contributed by atoms with Crippen LogP contribution in [0.3, 0.4) is 0 Å². The molecule has 0 heterocycles. The monoisotopic (exact) mass is 438 g/mol. The minimum atomic E-state index is -0.698. The van der Waals surface area contributed by atoms with Crippen molar-refractivity contribution in [2.45, 2.75) is 32.8 Å². The van der Waals surface area contributed by atoms with Crippen molar-refractivity contribution in [1.29, 1.82) is 0 Å². The molecule has 1 atom stereocenters. The van der Waals surface area contributed by atoms with Gasteiger partial charge in [-0.3, -0.25) is 9.59 Å². The van der Waals surface area contributed by atoms with Crippen LogP contribution in [-0.4, -0.2) is 17.9 Å². The molecule has 1 unspecified atom stereocenters. The molecule has 5 nitrogen and oxygen atoms in total. The van der Waals surface area contributed by atoms with E-state index in [0.717, 1.165) is 6.42 Å². The number of carbonyl (C=O) groups is 2. The van der Waals surface area contributed by atoms with Crippen LogP contribution in [0.1, 0.15) is 26.7 Å². The fraction of sp³-hybridized carbons (Fsp3) is 0.263. The summed E-state index contributed by atoms with van der Waals surface area (Å²) in [6.07, 6.45) is 0.575. The van der Waals surface area contributed by atoms with Crippen molar-refractivity contribution < 1.29 is 14.3 Å². The predicted octanol–water partition coefficient (Wildman–Crippen LogP) is 5.25. The summed E-state index contributed by atoms with van der Waals surface area (Å²) in [5.74, 6) is 0.223. The molecule has 0 fully saturated rings. The minimum Gasteiger partial charge on any atom is -0.480 e. The van der Waals surface area contributed by atoms with E-state index < -0.39 is 6.10 Å². The van der Waals surface area contributed by atoms with Crippen LogP contribution in [0, 0.1) is 0 Å². The molecule has 0 spiro atoms. The molecule has 0 aliphatic rings. The number of nitrogens with one attached hydrogen (secondary N) is 2. The molecule has 0 radical (unpaired) electrons. The number of halogens is 2. The van der Waals surface area contributed by atoms with Gasteiger partial charge in [-0.1, -0.05) is 18.5 Å². The molecular formula is C19H20BrClN2O3. The Balaban J connectivity index is 1.92. The molecule has 0 aliphatic carbocycles. The molecule has 138 valence electrons. The second-order valence-electron chi connectivity index (χ2n) is 5.70. The maximum absolute atomic E-state index is 12.3. The van der Waals surface area contributed by atoms with Gasteiger partial charge in [-0.05, 0) is 71.7 Å². The van der Waals surface area contributed by atoms with Crippen molar-refractivity contribution in [3.8, 4) is 5.75 Å². The lowest BCUT2D eigenvalue weighted by Gasteiger charge is -2.16. The van der Waals surface area contributed by atoms with Crippen molar-refractivity contribution in [3.05, 3.63) is 52.0 Å². The van der Waals surface area contributed by atoms with Crippen LogP contribution >= 0.6 is 27.5 Å². The summed E-state index contributed by atoms with van der Waals surface area (Å²) in [5, 5.41) is 6.15. The standard InChI is InChI=1S/C19H20BrClN2O3/c1-3-4-18(24)22-14-6-8-15(9-7-14)23-19(25)12(2)26-17-10-5-13(21)11-16(17)20/h5-12H,3-4H2,1-2H3,(H,22,24)(H,23,25). The van der Waals surface area contributed by atoms with E-state index in [-0.39, 0.29) is 11.8 Å². The number of ether oxygens (including phenoxy) is 1. The smallest absolute Gasteiger partial charge is 0.265 e. The van der Waals surface area contributed by atoms with Crippen LogP contribution in [0.15, 0.2) is 46.9 Å². The van der Waals surface area contributed by atoms with Crippen molar-refractivity contribution in [2.75, 3.05) is 10.6 Å². The molecule has 0 saturated carbocycles. The molecule has 0 saturated heterocycles. The zero-order valence-electron chi connectivity index (χ0n) is 14.5. The fourth-order valence-electron chi connectivity index (χ4n) is 2.15. The number of hydrogen-bond donors (Lipinski definition) is 2. The first kappa shape index (κ1) is 20.3. The summed E-state index contributed by atoms with van der Waals surface area (Å²) in [4.78, 5) is 23.9. The zero-order chi connectivity index (χ0) is 19.1. The predicted molar refractivity (Wildman–Crippen MR) is 108 cm³/mol. The third-order valence-electron chi connectivity index (χ3n) is 3.48. The summed E-state index contributed by atoms with van der Waals surface area (Å²) in [6.45, 7) is 3.61. The number of benzene rings is 2. The van der Waals surface area contributed by atoms with Crippen molar-refractivity contribution >= 4 is 50.7 Å². The molecule has 26 heavy (non-hydrogen) atoms. The Bertz CT molecular complexity index is 781. The van der Waals surface area contributed by atoms with E-state index in [1.807, 2.05) is 6.92 Å². The van der Waals surface area contributed by atoms with E-state index in [2.05, 4.69) is 26.6 Å². The van der Waals surface area contributed by atoms with Crippen LogP contribution in [0.4, 0.5) is 11.4 Å². The Morgan fingerprint density at radius 2 is 1.73 bits per heavy atom. The van der Waals surface area contributed by atoms with Crippen LogP contribution in [0.2, 0.25) is 5.02 Å². The van der Waals surface area contributed by atoms with Gasteiger partial charge in [0.05, 0.1) is 4.47 Å². The molecule has 0 aromatic heterocycles. The summed E-state index contributed by atoms with van der Waals surface area (Å²) >= 11 is 9.25. The Morgan fingerprint density at radius 3 is 2.31 bits per heavy atom. The number of rotatable bonds is 7. The molecule has 0 bridgehead atoms. The molecule has 0 aliphatic heterocycles. The number of anilines is 2. The highest BCUT2D eigenvalue weighted by molar-refractivity contribution is 9.10. The summed E-state index contributed by atoms with van der Waals surface area (Å²) in [7, 11) is 0. The van der Waals surface area contributed by atoms with Crippen LogP contribution in [0.25, 0.3) is 0 Å². The molecule has 2 amide bonds. The van der Waals surface area contributed by atoms with E-state index in [1.165, 1.54) is 0 Å². The topological polar surface area (TPSA) is 67.4 Å². The summed E-state index contributed by atoms with van der Waals surface area (Å²) in [6, 6.07) is 12.0. The minimum absolute atomic E-state index is 0.0279. The maximum Gasteiger partial charge on any atom is 0.265 e. The second kappa shape index (κ2) is 9.59. The first-order valence-electron chi connectivity index (χ1n) is 8.21. The van der Waals surface area contributed by atoms with Gasteiger partial charge in [0.15, 0.2) is 6.10 Å². The van der Waals surface area contributed by atoms with Crippen LogP contribution in [0.5, 0.6) is 5.75 Å². The van der Waals surface area contributed by atoms with Gasteiger partial charge in [0, 0.05) is 22.8 Å². The number of hydrogen-bond acceptors (Lipinski definition) is 3. The lowest BCUT2D eigenvalue weighted by Crippen LogP contribution is -2.30. The SMILES string of the molecule is CCCC(=O)Nc1ccc(NC(=O)C(C)Oc2ccc(Cl)cc2Br)cc1. The average Bonchev–Trinajstić information content (AvgIpc) is 2.59. The highest BCUT2D eigenvalue weighted by Gasteiger charge is 2.16. The van der Waals surface area contributed by atoms with Gasteiger partial charge in [0.2, 0.25) is 5.91 Å². The van der Waals surface area contributed by atoms with E-state index >= 15 is 0 Å². The van der Waals surface area contributed by atoms with E-state index in [4.69, 9.17) is 16.3 Å². The third kappa shape index (κ3) is 6.04. The number of carbonyl (C=O) groups excluding carboxylic acids is 2. The van der Waals surface area contributed by atoms with Crippen molar-refractivity contribution in [3.63, 3.8) is 0 Å². The lowest BCUT2D eigenvalue weighted by atomic mass is 10.2. The van der Waals surface area contributed by atoms with E-state index in [9.17, 15) is 9.59 Å². The Hall–Kier alpha value is -2.05. The van der Waals surface area contributed by atoms with Gasteiger partial charge >= 0.3 is 0 Å². The average molecular weight is 440 g/mol. The Morgan fingerprint density at radius 1 is 1.12 bits per heavy atom. The quantitative estimate of drug-likeness (QED) is 0.619. The van der Waals surface area contributed by atoms with Gasteiger partial charge < -0.3 is 15.4 Å². The first-order chi connectivity index (χ1) is 12.4. The van der Waals surface area contributed by atoms with Gasteiger partial charge in [-0.25, -0.2) is 0 Å². The molecular weight excluding hydrogens is 420 g/mol. The van der Waals surface area contributed by atoms with Crippen molar-refractivity contribution in [1.82, 2.24) is 0 Å². The third-order valence-corrected chi connectivity index (χ3v) is 4.33. The van der Waals surface area contributed by atoms with Gasteiger partial charge in [0.1, 0.15) is 5.75 Å². The highest BCUT2D eigenvalue weighted by Crippen LogP contribution is 2.29. The Labute approximate surface area is 166 Å². The molecule has 2 aromatic carbocycles. The maximum atomic E-state index is 12.3. The molecule has 7 heteroatoms. The molecule has 2 N–H and O–H groups in total. The first-order valence-corrected chi connectivity index (χ1v) is 9.38. The molecule has 2 rings (SSSR count). The van der Waals surface area contributed by atoms with Gasteiger partial charge in [-0.15, -0.1) is 0 Å². The molecule has 2 aromatic rings.